The highest BCUT2D eigenvalue weighted by Crippen LogP contribution is 2.28. The molecule has 0 spiro atoms. The number of aromatic nitrogens is 1. The number of nitrogens with zero attached hydrogens (tertiary/aromatic N) is 1. The monoisotopic (exact) mass is 416 g/mol. The normalized spacial score (nSPS) is 17.8. The van der Waals surface area contributed by atoms with Crippen molar-refractivity contribution in [2.75, 3.05) is 0 Å². The molecule has 1 N–H and O–H groups in total. The second kappa shape index (κ2) is 8.84. The number of nitrogens with one attached hydrogen (secondary N) is 1. The molecule has 1 aliphatic heterocycles. The average Bonchev–Trinajstić information content (AvgIpc) is 3.15. The molecule has 1 aromatic heterocycles. The van der Waals surface area contributed by atoms with Crippen LogP contribution in [0.15, 0.2) is 96.3 Å². The third kappa shape index (κ3) is 4.22. The Bertz CT molecular complexity index is 1360. The van der Waals surface area contributed by atoms with Crippen molar-refractivity contribution in [3.8, 4) is 0 Å². The van der Waals surface area contributed by atoms with E-state index >= 15 is 0 Å². The van der Waals surface area contributed by atoms with Crippen LogP contribution in [0.1, 0.15) is 42.6 Å². The lowest BCUT2D eigenvalue weighted by Gasteiger charge is -2.14. The highest BCUT2D eigenvalue weighted by Gasteiger charge is 2.13. The molecule has 0 amide bonds. The quantitative estimate of drug-likeness (QED) is 0.716. The molecule has 0 bridgehead atoms. The van der Waals surface area contributed by atoms with Gasteiger partial charge in [0.2, 0.25) is 0 Å². The van der Waals surface area contributed by atoms with E-state index in [-0.39, 0.29) is 0 Å². The van der Waals surface area contributed by atoms with Gasteiger partial charge in [0.05, 0.1) is 11.4 Å². The van der Waals surface area contributed by atoms with Crippen molar-refractivity contribution in [2.24, 2.45) is 0 Å². The van der Waals surface area contributed by atoms with Crippen molar-refractivity contribution in [3.05, 3.63) is 124 Å². The van der Waals surface area contributed by atoms with Crippen molar-refractivity contribution in [2.45, 2.75) is 32.6 Å². The van der Waals surface area contributed by atoms with E-state index in [9.17, 15) is 0 Å². The SMILES string of the molecule is C=C1C=C(C2=CCCCC2)C=c2cc(C3=C(c4cccc(C)n4)NC=CC=C3)ccc2=C1. The first-order chi connectivity index (χ1) is 15.7. The summed E-state index contributed by atoms with van der Waals surface area (Å²) in [7, 11) is 0. The van der Waals surface area contributed by atoms with Gasteiger partial charge < -0.3 is 5.32 Å². The lowest BCUT2D eigenvalue weighted by atomic mass is 9.92. The van der Waals surface area contributed by atoms with Crippen LogP contribution in [0.4, 0.5) is 0 Å². The summed E-state index contributed by atoms with van der Waals surface area (Å²) in [6.45, 7) is 6.30. The number of allylic oxidation sites excluding steroid dienone is 9. The fraction of sp³-hybridized carbons (Fsp3) is 0.167. The molecule has 32 heavy (non-hydrogen) atoms. The van der Waals surface area contributed by atoms with Crippen LogP contribution in [-0.4, -0.2) is 4.98 Å². The van der Waals surface area contributed by atoms with Gasteiger partial charge in [0.15, 0.2) is 0 Å². The molecule has 2 heteroatoms. The van der Waals surface area contributed by atoms with Gasteiger partial charge in [0, 0.05) is 17.5 Å². The van der Waals surface area contributed by atoms with E-state index in [0.29, 0.717) is 0 Å². The van der Waals surface area contributed by atoms with E-state index in [2.05, 4.69) is 78.7 Å². The summed E-state index contributed by atoms with van der Waals surface area (Å²) < 4.78 is 0. The van der Waals surface area contributed by atoms with E-state index in [4.69, 9.17) is 4.98 Å². The summed E-state index contributed by atoms with van der Waals surface area (Å²) in [6, 6.07) is 12.8. The van der Waals surface area contributed by atoms with E-state index in [1.807, 2.05) is 25.3 Å². The van der Waals surface area contributed by atoms with Gasteiger partial charge in [-0.2, -0.15) is 0 Å². The minimum absolute atomic E-state index is 0.947. The van der Waals surface area contributed by atoms with Gasteiger partial charge in [0.1, 0.15) is 0 Å². The van der Waals surface area contributed by atoms with E-state index < -0.39 is 0 Å². The number of aryl methyl sites for hydroxylation is 1. The first-order valence-electron chi connectivity index (χ1n) is 11.4. The van der Waals surface area contributed by atoms with Crippen LogP contribution in [0.3, 0.4) is 0 Å². The number of hydrogen-bond donors (Lipinski definition) is 1. The molecule has 1 aromatic carbocycles. The van der Waals surface area contributed by atoms with E-state index in [0.717, 1.165) is 34.7 Å². The molecule has 2 aromatic rings. The topological polar surface area (TPSA) is 24.9 Å². The maximum absolute atomic E-state index is 4.77. The number of benzene rings is 1. The highest BCUT2D eigenvalue weighted by molar-refractivity contribution is 5.95. The summed E-state index contributed by atoms with van der Waals surface area (Å²) in [4.78, 5) is 4.77. The van der Waals surface area contributed by atoms with Crippen molar-refractivity contribution in [3.63, 3.8) is 0 Å². The molecule has 3 aliphatic rings. The molecule has 2 heterocycles. The smallest absolute Gasteiger partial charge is 0.0873 e. The van der Waals surface area contributed by atoms with Crippen LogP contribution in [-0.2, 0) is 0 Å². The minimum Gasteiger partial charge on any atom is -0.359 e. The maximum Gasteiger partial charge on any atom is 0.0873 e. The van der Waals surface area contributed by atoms with Gasteiger partial charge in [-0.1, -0.05) is 43.0 Å². The van der Waals surface area contributed by atoms with Crippen LogP contribution in [0.25, 0.3) is 23.4 Å². The largest absolute Gasteiger partial charge is 0.359 e. The third-order valence-corrected chi connectivity index (χ3v) is 6.16. The zero-order valence-electron chi connectivity index (χ0n) is 18.6. The molecule has 0 saturated heterocycles. The Labute approximate surface area is 190 Å². The number of rotatable bonds is 3. The van der Waals surface area contributed by atoms with Crippen LogP contribution < -0.4 is 15.8 Å². The Kier molecular flexibility index (Phi) is 5.60. The lowest BCUT2D eigenvalue weighted by molar-refractivity contribution is 0.709. The fourth-order valence-electron chi connectivity index (χ4n) is 4.57. The summed E-state index contributed by atoms with van der Waals surface area (Å²) in [5.74, 6) is 0. The van der Waals surface area contributed by atoms with Gasteiger partial charge in [-0.05, 0) is 108 Å². The van der Waals surface area contributed by atoms with Gasteiger partial charge in [-0.15, -0.1) is 0 Å². The fourth-order valence-corrected chi connectivity index (χ4v) is 4.57. The van der Waals surface area contributed by atoms with Gasteiger partial charge in [-0.3, -0.25) is 4.98 Å². The van der Waals surface area contributed by atoms with Gasteiger partial charge >= 0.3 is 0 Å². The van der Waals surface area contributed by atoms with Crippen LogP contribution >= 0.6 is 0 Å². The molecule has 0 atom stereocenters. The molecule has 0 saturated carbocycles. The predicted molar refractivity (Wildman–Crippen MR) is 136 cm³/mol. The third-order valence-electron chi connectivity index (χ3n) is 6.16. The number of hydrogen-bond acceptors (Lipinski definition) is 2. The molecular formula is C30H28N2. The molecule has 0 radical (unpaired) electrons. The molecule has 0 unspecified atom stereocenters. The summed E-state index contributed by atoms with van der Waals surface area (Å²) in [5, 5.41) is 5.89. The Morgan fingerprint density at radius 3 is 2.75 bits per heavy atom. The molecule has 0 fully saturated rings. The summed E-state index contributed by atoms with van der Waals surface area (Å²) in [5.41, 5.74) is 9.08. The van der Waals surface area contributed by atoms with Crippen molar-refractivity contribution >= 4 is 23.4 Å². The zero-order chi connectivity index (χ0) is 21.9. The Balaban J connectivity index is 1.67. The lowest BCUT2D eigenvalue weighted by Crippen LogP contribution is -2.24. The zero-order valence-corrected chi connectivity index (χ0v) is 18.6. The standard InChI is InChI=1S/C30H28N2/c1-21-17-24-14-15-25(19-27(24)20-26(18-21)23-10-4-3-5-11-23)28-12-6-7-16-31-30(28)29-13-8-9-22(2)32-29/h6-10,12-20,31H,1,3-5,11H2,2H3. The Morgan fingerprint density at radius 1 is 0.969 bits per heavy atom. The minimum atomic E-state index is 0.947. The van der Waals surface area contributed by atoms with Crippen molar-refractivity contribution in [1.29, 1.82) is 0 Å². The van der Waals surface area contributed by atoms with Crippen molar-refractivity contribution in [1.82, 2.24) is 10.3 Å². The molecule has 2 aliphatic carbocycles. The van der Waals surface area contributed by atoms with Crippen LogP contribution in [0.2, 0.25) is 0 Å². The maximum atomic E-state index is 4.77. The van der Waals surface area contributed by atoms with Gasteiger partial charge in [-0.25, -0.2) is 0 Å². The predicted octanol–water partition coefficient (Wildman–Crippen LogP) is 5.49. The molecule has 5 rings (SSSR count). The molecule has 158 valence electrons. The van der Waals surface area contributed by atoms with Crippen LogP contribution in [0, 0.1) is 6.92 Å². The first-order valence-corrected chi connectivity index (χ1v) is 11.4. The number of pyridine rings is 1. The van der Waals surface area contributed by atoms with E-state index in [1.54, 1.807) is 0 Å². The second-order valence-electron chi connectivity index (χ2n) is 8.60. The first kappa shape index (κ1) is 20.3. The number of fused-ring (bicyclic) bond motifs is 1. The summed E-state index contributed by atoms with van der Waals surface area (Å²) in [6.07, 6.45) is 22.3. The average molecular weight is 417 g/mol. The van der Waals surface area contributed by atoms with E-state index in [1.165, 1.54) is 46.4 Å². The van der Waals surface area contributed by atoms with Crippen LogP contribution in [0.5, 0.6) is 0 Å². The Morgan fingerprint density at radius 2 is 1.91 bits per heavy atom. The molecule has 2 nitrogen and oxygen atoms in total. The second-order valence-corrected chi connectivity index (χ2v) is 8.60. The Hall–Kier alpha value is -3.65. The summed E-state index contributed by atoms with van der Waals surface area (Å²) >= 11 is 0. The highest BCUT2D eigenvalue weighted by atomic mass is 14.9. The van der Waals surface area contributed by atoms with Crippen molar-refractivity contribution < 1.29 is 0 Å². The van der Waals surface area contributed by atoms with Gasteiger partial charge in [0.25, 0.3) is 0 Å². The molecular weight excluding hydrogens is 388 g/mol.